The van der Waals surface area contributed by atoms with Gasteiger partial charge < -0.3 is 15.2 Å². The van der Waals surface area contributed by atoms with Crippen LogP contribution in [0.2, 0.25) is 0 Å². The van der Waals surface area contributed by atoms with E-state index < -0.39 is 6.10 Å². The molecule has 2 N–H and O–H groups in total. The number of benzene rings is 1. The Labute approximate surface area is 117 Å². The molecule has 0 aliphatic heterocycles. The average Bonchev–Trinajstić information content (AvgIpc) is 3.17. The zero-order valence-electron chi connectivity index (χ0n) is 10.4. The second-order valence-corrected chi connectivity index (χ2v) is 5.71. The normalized spacial score (nSPS) is 16.8. The zero-order chi connectivity index (χ0) is 12.8. The average molecular weight is 314 g/mol. The number of hydrogen-bond donors (Lipinski definition) is 2. The SMILES string of the molecule is OC(CNCCOCC1CC1)c1cccc(Br)c1. The number of hydrogen-bond acceptors (Lipinski definition) is 3. The molecule has 1 aliphatic carbocycles. The third-order valence-corrected chi connectivity index (χ3v) is 3.54. The van der Waals surface area contributed by atoms with E-state index in [-0.39, 0.29) is 0 Å². The van der Waals surface area contributed by atoms with Gasteiger partial charge in [-0.2, -0.15) is 0 Å². The van der Waals surface area contributed by atoms with E-state index in [1.807, 2.05) is 24.3 Å². The first-order chi connectivity index (χ1) is 8.75. The van der Waals surface area contributed by atoms with Gasteiger partial charge in [-0.3, -0.25) is 0 Å². The summed E-state index contributed by atoms with van der Waals surface area (Å²) in [6.07, 6.45) is 2.19. The minimum atomic E-state index is -0.467. The summed E-state index contributed by atoms with van der Waals surface area (Å²) < 4.78 is 6.50. The van der Waals surface area contributed by atoms with Gasteiger partial charge in [0.2, 0.25) is 0 Å². The van der Waals surface area contributed by atoms with Crippen LogP contribution in [0.3, 0.4) is 0 Å². The van der Waals surface area contributed by atoms with E-state index in [2.05, 4.69) is 21.2 Å². The molecule has 1 atom stereocenters. The number of aliphatic hydroxyl groups excluding tert-OH is 1. The molecule has 4 heteroatoms. The van der Waals surface area contributed by atoms with Crippen molar-refractivity contribution < 1.29 is 9.84 Å². The molecular formula is C14H20BrNO2. The summed E-state index contributed by atoms with van der Waals surface area (Å²) in [6.45, 7) is 2.97. The number of nitrogens with one attached hydrogen (secondary N) is 1. The largest absolute Gasteiger partial charge is 0.387 e. The van der Waals surface area contributed by atoms with Crippen LogP contribution in [0.15, 0.2) is 28.7 Å². The highest BCUT2D eigenvalue weighted by Gasteiger charge is 2.20. The Hall–Kier alpha value is -0.420. The molecular weight excluding hydrogens is 294 g/mol. The molecule has 1 aromatic rings. The van der Waals surface area contributed by atoms with Crippen molar-refractivity contribution in [1.82, 2.24) is 5.32 Å². The van der Waals surface area contributed by atoms with Crippen molar-refractivity contribution in [2.75, 3.05) is 26.3 Å². The van der Waals surface area contributed by atoms with Crippen molar-refractivity contribution in [2.24, 2.45) is 5.92 Å². The lowest BCUT2D eigenvalue weighted by Crippen LogP contribution is -2.25. The van der Waals surface area contributed by atoms with Gasteiger partial charge in [-0.05, 0) is 36.5 Å². The van der Waals surface area contributed by atoms with E-state index >= 15 is 0 Å². The quantitative estimate of drug-likeness (QED) is 0.725. The van der Waals surface area contributed by atoms with Crippen LogP contribution in [0.4, 0.5) is 0 Å². The Kier molecular flexibility index (Phi) is 5.63. The predicted molar refractivity (Wildman–Crippen MR) is 75.5 cm³/mol. The minimum absolute atomic E-state index is 0.467. The molecule has 0 aromatic heterocycles. The molecule has 0 spiro atoms. The molecule has 18 heavy (non-hydrogen) atoms. The molecule has 0 radical (unpaired) electrons. The Morgan fingerprint density at radius 2 is 2.28 bits per heavy atom. The lowest BCUT2D eigenvalue weighted by molar-refractivity contribution is 0.119. The highest BCUT2D eigenvalue weighted by molar-refractivity contribution is 9.10. The van der Waals surface area contributed by atoms with E-state index in [9.17, 15) is 5.11 Å². The second-order valence-electron chi connectivity index (χ2n) is 4.79. The standard InChI is InChI=1S/C14H20BrNO2/c15-13-3-1-2-12(8-13)14(17)9-16-6-7-18-10-11-4-5-11/h1-3,8,11,14,16-17H,4-7,9-10H2. The topological polar surface area (TPSA) is 41.5 Å². The molecule has 3 nitrogen and oxygen atoms in total. The van der Waals surface area contributed by atoms with E-state index in [0.29, 0.717) is 6.54 Å². The summed E-state index contributed by atoms with van der Waals surface area (Å²) >= 11 is 3.40. The molecule has 100 valence electrons. The van der Waals surface area contributed by atoms with E-state index in [4.69, 9.17) is 4.74 Å². The molecule has 2 rings (SSSR count). The molecule has 0 bridgehead atoms. The van der Waals surface area contributed by atoms with Gasteiger partial charge in [0, 0.05) is 24.2 Å². The number of halogens is 1. The Bertz CT molecular complexity index is 369. The van der Waals surface area contributed by atoms with Gasteiger partial charge in [-0.15, -0.1) is 0 Å². The van der Waals surface area contributed by atoms with Crippen molar-refractivity contribution in [3.05, 3.63) is 34.3 Å². The fourth-order valence-corrected chi connectivity index (χ4v) is 2.17. The van der Waals surface area contributed by atoms with Crippen molar-refractivity contribution in [2.45, 2.75) is 18.9 Å². The number of ether oxygens (including phenoxy) is 1. The maximum absolute atomic E-state index is 9.98. The second kappa shape index (κ2) is 7.24. The first kappa shape index (κ1) is 14.0. The number of aliphatic hydroxyl groups is 1. The molecule has 1 aliphatic rings. The van der Waals surface area contributed by atoms with Crippen LogP contribution in [-0.2, 0) is 4.74 Å². The molecule has 1 aromatic carbocycles. The maximum Gasteiger partial charge on any atom is 0.0914 e. The molecule has 1 unspecified atom stereocenters. The maximum atomic E-state index is 9.98. The van der Waals surface area contributed by atoms with Crippen molar-refractivity contribution in [3.8, 4) is 0 Å². The smallest absolute Gasteiger partial charge is 0.0914 e. The van der Waals surface area contributed by atoms with Crippen LogP contribution in [0.5, 0.6) is 0 Å². The lowest BCUT2D eigenvalue weighted by Gasteiger charge is -2.12. The van der Waals surface area contributed by atoms with Gasteiger partial charge in [0.1, 0.15) is 0 Å². The van der Waals surface area contributed by atoms with Crippen LogP contribution in [0, 0.1) is 5.92 Å². The van der Waals surface area contributed by atoms with Gasteiger partial charge in [-0.1, -0.05) is 28.1 Å². The molecule has 1 saturated carbocycles. The Morgan fingerprint density at radius 3 is 3.00 bits per heavy atom. The van der Waals surface area contributed by atoms with Crippen LogP contribution >= 0.6 is 15.9 Å². The fourth-order valence-electron chi connectivity index (χ4n) is 1.75. The third-order valence-electron chi connectivity index (χ3n) is 3.04. The molecule has 0 amide bonds. The van der Waals surface area contributed by atoms with E-state index in [1.165, 1.54) is 12.8 Å². The van der Waals surface area contributed by atoms with E-state index in [1.54, 1.807) is 0 Å². The summed E-state index contributed by atoms with van der Waals surface area (Å²) in [5.74, 6) is 0.817. The van der Waals surface area contributed by atoms with Crippen molar-refractivity contribution in [1.29, 1.82) is 0 Å². The lowest BCUT2D eigenvalue weighted by atomic mass is 10.1. The summed E-state index contributed by atoms with van der Waals surface area (Å²) in [6, 6.07) is 7.76. The summed E-state index contributed by atoms with van der Waals surface area (Å²) in [4.78, 5) is 0. The highest BCUT2D eigenvalue weighted by Crippen LogP contribution is 2.28. The van der Waals surface area contributed by atoms with Crippen molar-refractivity contribution >= 4 is 15.9 Å². The highest BCUT2D eigenvalue weighted by atomic mass is 79.9. The monoisotopic (exact) mass is 313 g/mol. The predicted octanol–water partition coefficient (Wildman–Crippen LogP) is 2.50. The Morgan fingerprint density at radius 1 is 1.44 bits per heavy atom. The van der Waals surface area contributed by atoms with Gasteiger partial charge in [0.15, 0.2) is 0 Å². The summed E-state index contributed by atoms with van der Waals surface area (Å²) in [5.41, 5.74) is 0.927. The van der Waals surface area contributed by atoms with Crippen LogP contribution in [0.1, 0.15) is 24.5 Å². The van der Waals surface area contributed by atoms with Crippen LogP contribution in [0.25, 0.3) is 0 Å². The summed E-state index contributed by atoms with van der Waals surface area (Å²) in [5, 5.41) is 13.2. The zero-order valence-corrected chi connectivity index (χ0v) is 12.0. The van der Waals surface area contributed by atoms with Crippen LogP contribution in [-0.4, -0.2) is 31.4 Å². The first-order valence-electron chi connectivity index (χ1n) is 6.47. The number of rotatable bonds is 8. The molecule has 0 saturated heterocycles. The van der Waals surface area contributed by atoms with Crippen LogP contribution < -0.4 is 5.32 Å². The minimum Gasteiger partial charge on any atom is -0.387 e. The van der Waals surface area contributed by atoms with E-state index in [0.717, 1.165) is 35.7 Å². The fraction of sp³-hybridized carbons (Fsp3) is 0.571. The van der Waals surface area contributed by atoms with Crippen molar-refractivity contribution in [3.63, 3.8) is 0 Å². The summed E-state index contributed by atoms with van der Waals surface area (Å²) in [7, 11) is 0. The van der Waals surface area contributed by atoms with Gasteiger partial charge in [-0.25, -0.2) is 0 Å². The molecule has 1 fully saturated rings. The Balaban J connectivity index is 1.57. The van der Waals surface area contributed by atoms with Gasteiger partial charge >= 0.3 is 0 Å². The third kappa shape index (κ3) is 5.06. The molecule has 0 heterocycles. The van der Waals surface area contributed by atoms with Gasteiger partial charge in [0.25, 0.3) is 0 Å². The first-order valence-corrected chi connectivity index (χ1v) is 7.27. The van der Waals surface area contributed by atoms with Gasteiger partial charge in [0.05, 0.1) is 12.7 Å².